The molecule has 0 aliphatic heterocycles. The van der Waals surface area contributed by atoms with Crippen molar-refractivity contribution in [2.75, 3.05) is 52.9 Å². The van der Waals surface area contributed by atoms with Crippen molar-refractivity contribution >= 4 is 11.9 Å². The molecule has 136 valence electrons. The predicted octanol–water partition coefficient (Wildman–Crippen LogP) is 1.72. The van der Waals surface area contributed by atoms with Crippen LogP contribution in [0.15, 0.2) is 0 Å². The second-order valence-corrected chi connectivity index (χ2v) is 4.74. The molecule has 0 spiro atoms. The second-order valence-electron chi connectivity index (χ2n) is 4.74. The number of carbonyl (C=O) groups is 2. The predicted molar refractivity (Wildman–Crippen MR) is 84.2 cm³/mol. The molecule has 0 saturated carbocycles. The van der Waals surface area contributed by atoms with Crippen molar-refractivity contribution in [1.82, 2.24) is 0 Å². The number of ether oxygens (including phenoxy) is 5. The van der Waals surface area contributed by atoms with Crippen molar-refractivity contribution in [1.29, 1.82) is 0 Å². The number of hydrogen-bond donors (Lipinski definition) is 0. The smallest absolute Gasteiger partial charge is 0.332 e. The molecule has 0 amide bonds. The quantitative estimate of drug-likeness (QED) is 0.314. The molecule has 0 bridgehead atoms. The molecule has 0 unspecified atom stereocenters. The second kappa shape index (κ2) is 17.2. The van der Waals surface area contributed by atoms with E-state index in [9.17, 15) is 9.59 Å². The highest BCUT2D eigenvalue weighted by Crippen LogP contribution is 1.96. The number of rotatable bonds is 16. The Balaban J connectivity index is 3.11. The van der Waals surface area contributed by atoms with Crippen LogP contribution < -0.4 is 0 Å². The van der Waals surface area contributed by atoms with Gasteiger partial charge in [-0.3, -0.25) is 0 Å². The SMILES string of the molecule is CCOC(=O)COCCCCOCCCCOCC(=O)OCC. The Morgan fingerprint density at radius 2 is 0.957 bits per heavy atom. The van der Waals surface area contributed by atoms with E-state index in [2.05, 4.69) is 0 Å². The zero-order valence-electron chi connectivity index (χ0n) is 14.3. The lowest BCUT2D eigenvalue weighted by molar-refractivity contribution is -0.149. The lowest BCUT2D eigenvalue weighted by Gasteiger charge is -2.06. The third-order valence-electron chi connectivity index (χ3n) is 2.71. The van der Waals surface area contributed by atoms with E-state index >= 15 is 0 Å². The lowest BCUT2D eigenvalue weighted by atomic mass is 10.3. The first kappa shape index (κ1) is 21.8. The third kappa shape index (κ3) is 17.0. The highest BCUT2D eigenvalue weighted by molar-refractivity contribution is 5.70. The van der Waals surface area contributed by atoms with Crippen LogP contribution >= 0.6 is 0 Å². The normalized spacial score (nSPS) is 10.5. The Labute approximate surface area is 138 Å². The summed E-state index contributed by atoms with van der Waals surface area (Å²) < 4.78 is 25.3. The van der Waals surface area contributed by atoms with Crippen molar-refractivity contribution in [3.8, 4) is 0 Å². The van der Waals surface area contributed by atoms with Gasteiger partial charge in [-0.1, -0.05) is 0 Å². The van der Waals surface area contributed by atoms with Crippen LogP contribution in [-0.2, 0) is 33.3 Å². The fourth-order valence-corrected chi connectivity index (χ4v) is 1.63. The average Bonchev–Trinajstić information content (AvgIpc) is 2.52. The van der Waals surface area contributed by atoms with Crippen LogP contribution in [0.3, 0.4) is 0 Å². The molecular weight excluding hydrogens is 304 g/mol. The molecule has 7 nitrogen and oxygen atoms in total. The minimum Gasteiger partial charge on any atom is -0.464 e. The first-order valence-corrected chi connectivity index (χ1v) is 8.25. The van der Waals surface area contributed by atoms with Crippen molar-refractivity contribution in [3.05, 3.63) is 0 Å². The zero-order valence-corrected chi connectivity index (χ0v) is 14.3. The topological polar surface area (TPSA) is 80.3 Å². The Hall–Kier alpha value is -1.18. The highest BCUT2D eigenvalue weighted by atomic mass is 16.6. The standard InChI is InChI=1S/C16H30O7/c1-3-22-15(17)13-20-11-7-5-9-19-10-6-8-12-21-14-16(18)23-4-2/h3-14H2,1-2H3. The minimum atomic E-state index is -0.325. The molecule has 0 radical (unpaired) electrons. The molecule has 7 heteroatoms. The van der Waals surface area contributed by atoms with Gasteiger partial charge in [0.15, 0.2) is 0 Å². The minimum absolute atomic E-state index is 0.0144. The first-order chi connectivity index (χ1) is 11.2. The molecule has 0 atom stereocenters. The number of unbranched alkanes of at least 4 members (excludes halogenated alkanes) is 2. The number of carbonyl (C=O) groups excluding carboxylic acids is 2. The van der Waals surface area contributed by atoms with E-state index in [1.54, 1.807) is 13.8 Å². The van der Waals surface area contributed by atoms with Crippen LogP contribution in [0, 0.1) is 0 Å². The van der Waals surface area contributed by atoms with Gasteiger partial charge in [-0.05, 0) is 39.5 Å². The molecule has 0 aliphatic rings. The van der Waals surface area contributed by atoms with Gasteiger partial charge >= 0.3 is 11.9 Å². The van der Waals surface area contributed by atoms with Gasteiger partial charge in [-0.15, -0.1) is 0 Å². The van der Waals surface area contributed by atoms with Gasteiger partial charge < -0.3 is 23.7 Å². The summed E-state index contributed by atoms with van der Waals surface area (Å²) in [6.45, 7) is 6.73. The molecule has 0 rings (SSSR count). The van der Waals surface area contributed by atoms with Crippen molar-refractivity contribution in [2.45, 2.75) is 39.5 Å². The van der Waals surface area contributed by atoms with Crippen molar-refractivity contribution < 1.29 is 33.3 Å². The summed E-state index contributed by atoms with van der Waals surface area (Å²) in [6.07, 6.45) is 3.48. The fraction of sp³-hybridized carbons (Fsp3) is 0.875. The van der Waals surface area contributed by atoms with Gasteiger partial charge in [0.25, 0.3) is 0 Å². The molecule has 0 aliphatic carbocycles. The summed E-state index contributed by atoms with van der Waals surface area (Å²) in [5.74, 6) is -0.650. The van der Waals surface area contributed by atoms with Crippen LogP contribution in [0.2, 0.25) is 0 Å². The molecule has 0 N–H and O–H groups in total. The molecule has 0 saturated heterocycles. The average molecular weight is 334 g/mol. The van der Waals surface area contributed by atoms with Gasteiger partial charge in [0.1, 0.15) is 13.2 Å². The zero-order chi connectivity index (χ0) is 17.2. The summed E-state index contributed by atoms with van der Waals surface area (Å²) in [4.78, 5) is 22.0. The van der Waals surface area contributed by atoms with Gasteiger partial charge in [0, 0.05) is 26.4 Å². The van der Waals surface area contributed by atoms with Crippen molar-refractivity contribution in [3.63, 3.8) is 0 Å². The van der Waals surface area contributed by atoms with E-state index < -0.39 is 0 Å². The van der Waals surface area contributed by atoms with Crippen LogP contribution in [0.4, 0.5) is 0 Å². The van der Waals surface area contributed by atoms with Crippen LogP contribution in [0.25, 0.3) is 0 Å². The van der Waals surface area contributed by atoms with E-state index in [-0.39, 0.29) is 25.2 Å². The molecule has 0 aromatic heterocycles. The number of esters is 2. The molecule has 0 heterocycles. The maximum Gasteiger partial charge on any atom is 0.332 e. The molecule has 0 fully saturated rings. The summed E-state index contributed by atoms with van der Waals surface area (Å²) in [5.41, 5.74) is 0. The first-order valence-electron chi connectivity index (χ1n) is 8.25. The van der Waals surface area contributed by atoms with E-state index in [4.69, 9.17) is 23.7 Å². The van der Waals surface area contributed by atoms with Crippen LogP contribution in [0.5, 0.6) is 0 Å². The largest absolute Gasteiger partial charge is 0.464 e. The van der Waals surface area contributed by atoms with Crippen LogP contribution in [-0.4, -0.2) is 64.8 Å². The monoisotopic (exact) mass is 334 g/mol. The fourth-order valence-electron chi connectivity index (χ4n) is 1.63. The third-order valence-corrected chi connectivity index (χ3v) is 2.71. The Morgan fingerprint density at radius 3 is 1.30 bits per heavy atom. The molecular formula is C16H30O7. The van der Waals surface area contributed by atoms with E-state index in [1.165, 1.54) is 0 Å². The van der Waals surface area contributed by atoms with Gasteiger partial charge in [-0.25, -0.2) is 9.59 Å². The maximum absolute atomic E-state index is 11.0. The van der Waals surface area contributed by atoms with E-state index in [0.29, 0.717) is 39.6 Å². The Bertz CT molecular complexity index is 266. The van der Waals surface area contributed by atoms with Gasteiger partial charge in [-0.2, -0.15) is 0 Å². The van der Waals surface area contributed by atoms with Gasteiger partial charge in [0.2, 0.25) is 0 Å². The summed E-state index contributed by atoms with van der Waals surface area (Å²) in [6, 6.07) is 0. The summed E-state index contributed by atoms with van der Waals surface area (Å²) >= 11 is 0. The maximum atomic E-state index is 11.0. The van der Waals surface area contributed by atoms with E-state index in [1.807, 2.05) is 0 Å². The Morgan fingerprint density at radius 1 is 0.609 bits per heavy atom. The molecule has 23 heavy (non-hydrogen) atoms. The summed E-state index contributed by atoms with van der Waals surface area (Å²) in [5, 5.41) is 0. The van der Waals surface area contributed by atoms with Gasteiger partial charge in [0.05, 0.1) is 13.2 Å². The molecule has 0 aromatic rings. The van der Waals surface area contributed by atoms with E-state index in [0.717, 1.165) is 25.7 Å². The molecule has 0 aromatic carbocycles. The van der Waals surface area contributed by atoms with Crippen LogP contribution in [0.1, 0.15) is 39.5 Å². The van der Waals surface area contributed by atoms with Crippen molar-refractivity contribution in [2.24, 2.45) is 0 Å². The highest BCUT2D eigenvalue weighted by Gasteiger charge is 2.01. The summed E-state index contributed by atoms with van der Waals surface area (Å²) in [7, 11) is 0. The lowest BCUT2D eigenvalue weighted by Crippen LogP contribution is -2.13. The number of hydrogen-bond acceptors (Lipinski definition) is 7. The Kier molecular flexibility index (Phi) is 16.3.